The van der Waals surface area contributed by atoms with Crippen molar-refractivity contribution in [2.24, 2.45) is 11.1 Å². The normalized spacial score (nSPS) is 10.9. The van der Waals surface area contributed by atoms with Crippen molar-refractivity contribution in [1.82, 2.24) is 0 Å². The van der Waals surface area contributed by atoms with Gasteiger partial charge in [-0.2, -0.15) is 5.26 Å². The van der Waals surface area contributed by atoms with Gasteiger partial charge in [0.05, 0.1) is 5.56 Å². The van der Waals surface area contributed by atoms with E-state index in [4.69, 9.17) is 11.0 Å². The van der Waals surface area contributed by atoms with E-state index in [1.54, 1.807) is 6.07 Å². The van der Waals surface area contributed by atoms with Crippen LogP contribution in [0.4, 0.5) is 10.1 Å². The molecule has 0 aliphatic heterocycles. The van der Waals surface area contributed by atoms with E-state index in [-0.39, 0.29) is 16.9 Å². The van der Waals surface area contributed by atoms with Crippen molar-refractivity contribution in [3.8, 4) is 6.07 Å². The summed E-state index contributed by atoms with van der Waals surface area (Å²) in [5, 5.41) is 11.4. The minimum absolute atomic E-state index is 0.0205. The molecule has 0 atom stereocenters. The van der Waals surface area contributed by atoms with Crippen LogP contribution >= 0.6 is 0 Å². The Labute approximate surface area is 118 Å². The highest BCUT2D eigenvalue weighted by atomic mass is 19.1. The molecule has 1 rings (SSSR count). The lowest BCUT2D eigenvalue weighted by molar-refractivity contribution is -0.116. The number of hydrogen-bond acceptors (Lipinski definition) is 3. The van der Waals surface area contributed by atoms with E-state index in [0.717, 1.165) is 12.8 Å². The topological polar surface area (TPSA) is 78.9 Å². The van der Waals surface area contributed by atoms with Gasteiger partial charge >= 0.3 is 0 Å². The van der Waals surface area contributed by atoms with Crippen LogP contribution in [0.5, 0.6) is 0 Å². The number of nitrogens with one attached hydrogen (secondary N) is 1. The number of carbonyl (C=O) groups excluding carboxylic acids is 1. The van der Waals surface area contributed by atoms with Crippen LogP contribution in [0.25, 0.3) is 0 Å². The van der Waals surface area contributed by atoms with Crippen molar-refractivity contribution in [3.05, 3.63) is 29.6 Å². The van der Waals surface area contributed by atoms with Crippen LogP contribution in [0, 0.1) is 22.6 Å². The number of halogens is 1. The first-order valence-corrected chi connectivity index (χ1v) is 6.57. The Morgan fingerprint density at radius 2 is 2.15 bits per heavy atom. The standard InChI is InChI=1S/C15H20FN3O/c1-15(2,7-8-17)6-5-14(20)19-12-3-4-13(16)11(9-12)10-18/h3-4,9H,5-8,17H2,1-2H3,(H,19,20). The Bertz CT molecular complexity index is 520. The monoisotopic (exact) mass is 277 g/mol. The largest absolute Gasteiger partial charge is 0.330 e. The molecular formula is C15H20FN3O. The lowest BCUT2D eigenvalue weighted by Gasteiger charge is -2.23. The van der Waals surface area contributed by atoms with Gasteiger partial charge in [-0.15, -0.1) is 0 Å². The van der Waals surface area contributed by atoms with Crippen molar-refractivity contribution in [3.63, 3.8) is 0 Å². The van der Waals surface area contributed by atoms with E-state index in [2.05, 4.69) is 19.2 Å². The Hall–Kier alpha value is -1.93. The number of nitriles is 1. The van der Waals surface area contributed by atoms with Gasteiger partial charge in [-0.25, -0.2) is 4.39 Å². The minimum Gasteiger partial charge on any atom is -0.330 e. The predicted molar refractivity (Wildman–Crippen MR) is 76.4 cm³/mol. The van der Waals surface area contributed by atoms with E-state index in [1.807, 2.05) is 0 Å². The van der Waals surface area contributed by atoms with Crippen molar-refractivity contribution in [2.45, 2.75) is 33.1 Å². The molecule has 0 bridgehead atoms. The third kappa shape index (κ3) is 4.98. The fourth-order valence-corrected chi connectivity index (χ4v) is 1.88. The number of benzene rings is 1. The predicted octanol–water partition coefficient (Wildman–Crippen LogP) is 2.79. The van der Waals surface area contributed by atoms with Gasteiger partial charge in [0.2, 0.25) is 5.91 Å². The third-order valence-corrected chi connectivity index (χ3v) is 3.22. The molecule has 0 aliphatic carbocycles. The molecule has 3 N–H and O–H groups in total. The second-order valence-electron chi connectivity index (χ2n) is 5.56. The maximum absolute atomic E-state index is 13.1. The Kier molecular flexibility index (Phi) is 5.66. The lowest BCUT2D eigenvalue weighted by Crippen LogP contribution is -2.20. The SMILES string of the molecule is CC(C)(CCN)CCC(=O)Nc1ccc(F)c(C#N)c1. The number of anilines is 1. The quantitative estimate of drug-likeness (QED) is 0.839. The Morgan fingerprint density at radius 3 is 2.75 bits per heavy atom. The van der Waals surface area contributed by atoms with Crippen LogP contribution in [-0.4, -0.2) is 12.5 Å². The highest BCUT2D eigenvalue weighted by Crippen LogP contribution is 2.26. The molecule has 1 aromatic carbocycles. The van der Waals surface area contributed by atoms with E-state index >= 15 is 0 Å². The summed E-state index contributed by atoms with van der Waals surface area (Å²) in [5.41, 5.74) is 5.90. The number of amides is 1. The van der Waals surface area contributed by atoms with E-state index in [9.17, 15) is 9.18 Å². The van der Waals surface area contributed by atoms with Crippen molar-refractivity contribution in [2.75, 3.05) is 11.9 Å². The molecule has 20 heavy (non-hydrogen) atoms. The molecule has 0 aromatic heterocycles. The molecule has 0 unspecified atom stereocenters. The molecule has 108 valence electrons. The Balaban J connectivity index is 2.57. The summed E-state index contributed by atoms with van der Waals surface area (Å²) in [7, 11) is 0. The van der Waals surface area contributed by atoms with Gasteiger partial charge < -0.3 is 11.1 Å². The first kappa shape index (κ1) is 16.1. The maximum atomic E-state index is 13.1. The van der Waals surface area contributed by atoms with Crippen LogP contribution in [0.15, 0.2) is 18.2 Å². The van der Waals surface area contributed by atoms with Crippen LogP contribution in [0.1, 0.15) is 38.7 Å². The molecule has 5 heteroatoms. The number of nitrogens with zero attached hydrogens (tertiary/aromatic N) is 1. The lowest BCUT2D eigenvalue weighted by atomic mass is 9.84. The summed E-state index contributed by atoms with van der Waals surface area (Å²) in [6.45, 7) is 4.73. The molecule has 0 radical (unpaired) electrons. The summed E-state index contributed by atoms with van der Waals surface area (Å²) in [5.74, 6) is -0.736. The van der Waals surface area contributed by atoms with E-state index in [1.165, 1.54) is 18.2 Å². The van der Waals surface area contributed by atoms with Gasteiger partial charge in [0.1, 0.15) is 11.9 Å². The van der Waals surface area contributed by atoms with Crippen molar-refractivity contribution < 1.29 is 9.18 Å². The fourth-order valence-electron chi connectivity index (χ4n) is 1.88. The number of hydrogen-bond donors (Lipinski definition) is 2. The van der Waals surface area contributed by atoms with Crippen molar-refractivity contribution in [1.29, 1.82) is 5.26 Å². The zero-order valence-corrected chi connectivity index (χ0v) is 11.9. The zero-order valence-electron chi connectivity index (χ0n) is 11.9. The molecule has 0 aliphatic rings. The number of nitrogens with two attached hydrogens (primary N) is 1. The first-order valence-electron chi connectivity index (χ1n) is 6.57. The second kappa shape index (κ2) is 7.01. The Morgan fingerprint density at radius 1 is 1.45 bits per heavy atom. The van der Waals surface area contributed by atoms with E-state index < -0.39 is 5.82 Å². The first-order chi connectivity index (χ1) is 9.38. The van der Waals surface area contributed by atoms with Gasteiger partial charge in [-0.1, -0.05) is 13.8 Å². The van der Waals surface area contributed by atoms with Gasteiger partial charge in [-0.3, -0.25) is 4.79 Å². The summed E-state index contributed by atoms with van der Waals surface area (Å²) in [4.78, 5) is 11.8. The highest BCUT2D eigenvalue weighted by molar-refractivity contribution is 5.90. The maximum Gasteiger partial charge on any atom is 0.224 e. The third-order valence-electron chi connectivity index (χ3n) is 3.22. The van der Waals surface area contributed by atoms with Crippen LogP contribution in [0.2, 0.25) is 0 Å². The highest BCUT2D eigenvalue weighted by Gasteiger charge is 2.18. The average molecular weight is 277 g/mol. The average Bonchev–Trinajstić information content (AvgIpc) is 2.39. The number of carbonyl (C=O) groups is 1. The van der Waals surface area contributed by atoms with Gasteiger partial charge in [0, 0.05) is 12.1 Å². The smallest absolute Gasteiger partial charge is 0.224 e. The van der Waals surface area contributed by atoms with Crippen molar-refractivity contribution >= 4 is 11.6 Å². The second-order valence-corrected chi connectivity index (χ2v) is 5.56. The zero-order chi connectivity index (χ0) is 15.2. The molecule has 0 fully saturated rings. The summed E-state index contributed by atoms with van der Waals surface area (Å²) in [6, 6.07) is 5.69. The molecule has 1 amide bonds. The number of rotatable bonds is 6. The molecule has 0 heterocycles. The molecule has 0 saturated heterocycles. The van der Waals surface area contributed by atoms with Crippen LogP contribution in [-0.2, 0) is 4.79 Å². The molecule has 0 spiro atoms. The van der Waals surface area contributed by atoms with Gasteiger partial charge in [-0.05, 0) is 43.0 Å². The minimum atomic E-state index is -0.588. The molecule has 4 nitrogen and oxygen atoms in total. The van der Waals surface area contributed by atoms with Gasteiger partial charge in [0.15, 0.2) is 0 Å². The summed E-state index contributed by atoms with van der Waals surface area (Å²) in [6.07, 6.45) is 1.95. The van der Waals surface area contributed by atoms with Crippen LogP contribution in [0.3, 0.4) is 0 Å². The molecule has 0 saturated carbocycles. The summed E-state index contributed by atoms with van der Waals surface area (Å²) >= 11 is 0. The van der Waals surface area contributed by atoms with E-state index in [0.29, 0.717) is 18.7 Å². The fraction of sp³-hybridized carbons (Fsp3) is 0.467. The molecule has 1 aromatic rings. The summed E-state index contributed by atoms with van der Waals surface area (Å²) < 4.78 is 13.1. The van der Waals surface area contributed by atoms with Crippen LogP contribution < -0.4 is 11.1 Å². The molecular weight excluding hydrogens is 257 g/mol. The van der Waals surface area contributed by atoms with Gasteiger partial charge in [0.25, 0.3) is 0 Å².